The molecule has 2 N–H and O–H groups in total. The lowest BCUT2D eigenvalue weighted by atomic mass is 10.1. The molecule has 1 atom stereocenters. The van der Waals surface area contributed by atoms with Crippen molar-refractivity contribution in [2.45, 2.75) is 45.1 Å². The van der Waals surface area contributed by atoms with Gasteiger partial charge in [0.25, 0.3) is 0 Å². The number of aliphatic hydroxyl groups excluding tert-OH is 1. The second-order valence-electron chi connectivity index (χ2n) is 3.55. The molecule has 3 heteroatoms. The fourth-order valence-electron chi connectivity index (χ4n) is 1.58. The van der Waals surface area contributed by atoms with Crippen LogP contribution in [0.1, 0.15) is 39.0 Å². The van der Waals surface area contributed by atoms with Crippen molar-refractivity contribution in [1.82, 2.24) is 5.32 Å². The number of aliphatic hydroxyl groups is 1. The molecule has 3 nitrogen and oxygen atoms in total. The Labute approximate surface area is 80.3 Å². The van der Waals surface area contributed by atoms with E-state index in [0.29, 0.717) is 6.04 Å². The topological polar surface area (TPSA) is 44.6 Å². The van der Waals surface area contributed by atoms with Gasteiger partial charge >= 0.3 is 0 Å². The Morgan fingerprint density at radius 3 is 2.92 bits per heavy atom. The molecule has 0 aromatic heterocycles. The van der Waals surface area contributed by atoms with E-state index in [1.54, 1.807) is 0 Å². The van der Waals surface area contributed by atoms with Crippen molar-refractivity contribution in [3.63, 3.8) is 0 Å². The van der Waals surface area contributed by atoms with Crippen LogP contribution in [-0.4, -0.2) is 30.1 Å². The van der Waals surface area contributed by atoms with Crippen molar-refractivity contribution >= 4 is 5.84 Å². The van der Waals surface area contributed by atoms with Gasteiger partial charge in [0, 0.05) is 25.6 Å². The molecule has 0 bridgehead atoms. The highest BCUT2D eigenvalue weighted by atomic mass is 16.3. The van der Waals surface area contributed by atoms with Crippen LogP contribution in [0.25, 0.3) is 0 Å². The summed E-state index contributed by atoms with van der Waals surface area (Å²) >= 11 is 0. The number of aliphatic imine (C=N–C) groups is 1. The van der Waals surface area contributed by atoms with Gasteiger partial charge in [-0.05, 0) is 25.7 Å². The number of hydrogen-bond donors (Lipinski definition) is 2. The second-order valence-corrected chi connectivity index (χ2v) is 3.55. The van der Waals surface area contributed by atoms with E-state index in [4.69, 9.17) is 5.11 Å². The van der Waals surface area contributed by atoms with Crippen LogP contribution >= 0.6 is 0 Å². The Morgan fingerprint density at radius 2 is 2.38 bits per heavy atom. The van der Waals surface area contributed by atoms with Gasteiger partial charge in [0.15, 0.2) is 0 Å². The molecule has 0 saturated heterocycles. The summed E-state index contributed by atoms with van der Waals surface area (Å²) < 4.78 is 0. The third-order valence-electron chi connectivity index (χ3n) is 2.47. The van der Waals surface area contributed by atoms with Crippen LogP contribution in [0.3, 0.4) is 0 Å². The molecule has 76 valence electrons. The van der Waals surface area contributed by atoms with Crippen molar-refractivity contribution in [2.24, 2.45) is 4.99 Å². The zero-order chi connectivity index (χ0) is 9.52. The minimum atomic E-state index is 0.263. The average Bonchev–Trinajstić information content (AvgIpc) is 2.19. The fourth-order valence-corrected chi connectivity index (χ4v) is 1.58. The molecular weight excluding hydrogens is 164 g/mol. The summed E-state index contributed by atoms with van der Waals surface area (Å²) in [5.74, 6) is 1.14. The van der Waals surface area contributed by atoms with Gasteiger partial charge in [0.2, 0.25) is 0 Å². The number of rotatable bonds is 4. The lowest BCUT2D eigenvalue weighted by Gasteiger charge is -2.20. The van der Waals surface area contributed by atoms with Gasteiger partial charge < -0.3 is 10.4 Å². The Kier molecular flexibility index (Phi) is 4.83. The maximum Gasteiger partial charge on any atom is 0.0965 e. The smallest absolute Gasteiger partial charge is 0.0965 e. The largest absolute Gasteiger partial charge is 0.396 e. The van der Waals surface area contributed by atoms with Crippen LogP contribution in [0, 0.1) is 0 Å². The summed E-state index contributed by atoms with van der Waals surface area (Å²) in [6, 6.07) is 0.404. The summed E-state index contributed by atoms with van der Waals surface area (Å²) in [7, 11) is 0. The normalized spacial score (nSPS) is 19.4. The third kappa shape index (κ3) is 3.77. The number of hydrogen-bond acceptors (Lipinski definition) is 3. The first-order valence-corrected chi connectivity index (χ1v) is 5.27. The summed E-state index contributed by atoms with van der Waals surface area (Å²) in [4.78, 5) is 4.42. The van der Waals surface area contributed by atoms with Crippen LogP contribution in [-0.2, 0) is 0 Å². The number of amidine groups is 1. The SMILES string of the molecule is CCC(CCO)NC1=NCCCC1. The zero-order valence-electron chi connectivity index (χ0n) is 8.42. The van der Waals surface area contributed by atoms with Gasteiger partial charge in [-0.25, -0.2) is 0 Å². The zero-order valence-corrected chi connectivity index (χ0v) is 8.42. The highest BCUT2D eigenvalue weighted by Gasteiger charge is 2.09. The van der Waals surface area contributed by atoms with Crippen LogP contribution in [0.2, 0.25) is 0 Å². The highest BCUT2D eigenvalue weighted by molar-refractivity contribution is 5.82. The average molecular weight is 184 g/mol. The van der Waals surface area contributed by atoms with E-state index >= 15 is 0 Å². The van der Waals surface area contributed by atoms with Crippen LogP contribution in [0.15, 0.2) is 4.99 Å². The molecule has 0 amide bonds. The molecule has 1 aliphatic rings. The maximum absolute atomic E-state index is 8.82. The predicted molar refractivity (Wildman–Crippen MR) is 55.1 cm³/mol. The summed E-state index contributed by atoms with van der Waals surface area (Å²) in [6.07, 6.45) is 5.44. The molecule has 1 aliphatic heterocycles. The Hall–Kier alpha value is -0.570. The van der Waals surface area contributed by atoms with Crippen molar-refractivity contribution in [3.8, 4) is 0 Å². The molecule has 13 heavy (non-hydrogen) atoms. The molecule has 0 aliphatic carbocycles. The molecular formula is C10H20N2O. The molecule has 1 heterocycles. The standard InChI is InChI=1S/C10H20N2O/c1-2-9(6-8-13)12-10-5-3-4-7-11-10/h9,13H,2-8H2,1H3,(H,11,12). The van der Waals surface area contributed by atoms with Crippen molar-refractivity contribution in [2.75, 3.05) is 13.2 Å². The van der Waals surface area contributed by atoms with E-state index in [9.17, 15) is 0 Å². The molecule has 0 fully saturated rings. The van der Waals surface area contributed by atoms with E-state index in [1.807, 2.05) is 0 Å². The molecule has 0 aromatic rings. The molecule has 0 saturated carbocycles. The molecule has 0 spiro atoms. The minimum Gasteiger partial charge on any atom is -0.396 e. The molecule has 0 aromatic carbocycles. The molecule has 1 unspecified atom stereocenters. The first-order valence-electron chi connectivity index (χ1n) is 5.27. The van der Waals surface area contributed by atoms with E-state index in [1.165, 1.54) is 12.8 Å². The predicted octanol–water partition coefficient (Wildman–Crippen LogP) is 1.32. The minimum absolute atomic E-state index is 0.263. The summed E-state index contributed by atoms with van der Waals surface area (Å²) in [5, 5.41) is 12.2. The third-order valence-corrected chi connectivity index (χ3v) is 2.47. The van der Waals surface area contributed by atoms with Crippen molar-refractivity contribution in [3.05, 3.63) is 0 Å². The summed E-state index contributed by atoms with van der Waals surface area (Å²) in [5.41, 5.74) is 0. The van der Waals surface area contributed by atoms with Gasteiger partial charge in [0.05, 0.1) is 5.84 Å². The number of nitrogens with zero attached hydrogens (tertiary/aromatic N) is 1. The lowest BCUT2D eigenvalue weighted by Crippen LogP contribution is -2.36. The molecule has 0 radical (unpaired) electrons. The van der Waals surface area contributed by atoms with Crippen LogP contribution in [0.5, 0.6) is 0 Å². The maximum atomic E-state index is 8.82. The quantitative estimate of drug-likeness (QED) is 0.692. The van der Waals surface area contributed by atoms with Gasteiger partial charge in [0.1, 0.15) is 0 Å². The van der Waals surface area contributed by atoms with Gasteiger partial charge in [-0.3, -0.25) is 4.99 Å². The first kappa shape index (κ1) is 10.5. The van der Waals surface area contributed by atoms with Crippen molar-refractivity contribution < 1.29 is 5.11 Å². The lowest BCUT2D eigenvalue weighted by molar-refractivity contribution is 0.269. The first-order chi connectivity index (χ1) is 6.36. The monoisotopic (exact) mass is 184 g/mol. The number of nitrogens with one attached hydrogen (secondary N) is 1. The van der Waals surface area contributed by atoms with Gasteiger partial charge in [-0.2, -0.15) is 0 Å². The van der Waals surface area contributed by atoms with E-state index in [0.717, 1.165) is 31.6 Å². The highest BCUT2D eigenvalue weighted by Crippen LogP contribution is 2.06. The van der Waals surface area contributed by atoms with Crippen molar-refractivity contribution in [1.29, 1.82) is 0 Å². The Morgan fingerprint density at radius 1 is 1.54 bits per heavy atom. The van der Waals surface area contributed by atoms with Crippen LogP contribution in [0.4, 0.5) is 0 Å². The Balaban J connectivity index is 2.31. The Bertz CT molecular complexity index is 168. The van der Waals surface area contributed by atoms with Gasteiger partial charge in [-0.15, -0.1) is 0 Å². The fraction of sp³-hybridized carbons (Fsp3) is 0.900. The van der Waals surface area contributed by atoms with E-state index in [2.05, 4.69) is 17.2 Å². The van der Waals surface area contributed by atoms with Crippen LogP contribution < -0.4 is 5.32 Å². The van der Waals surface area contributed by atoms with E-state index in [-0.39, 0.29) is 6.61 Å². The van der Waals surface area contributed by atoms with Gasteiger partial charge in [-0.1, -0.05) is 6.92 Å². The van der Waals surface area contributed by atoms with E-state index < -0.39 is 0 Å². The molecule has 1 rings (SSSR count). The second kappa shape index (κ2) is 5.97. The summed E-state index contributed by atoms with van der Waals surface area (Å²) in [6.45, 7) is 3.37.